The number of aromatic amines is 1. The van der Waals surface area contributed by atoms with E-state index in [9.17, 15) is 4.79 Å². The molecule has 0 saturated carbocycles. The van der Waals surface area contributed by atoms with Crippen molar-refractivity contribution in [2.75, 3.05) is 13.1 Å². The first-order valence-electron chi connectivity index (χ1n) is 9.72. The zero-order valence-electron chi connectivity index (χ0n) is 16.3. The lowest BCUT2D eigenvalue weighted by Gasteiger charge is -2.25. The lowest BCUT2D eigenvalue weighted by molar-refractivity contribution is 0.218. The van der Waals surface area contributed by atoms with Crippen LogP contribution in [-0.4, -0.2) is 37.6 Å². The Morgan fingerprint density at radius 3 is 2.41 bits per heavy atom. The van der Waals surface area contributed by atoms with Crippen LogP contribution in [0.3, 0.4) is 0 Å². The van der Waals surface area contributed by atoms with Crippen LogP contribution < -0.4 is 5.56 Å². The number of piperidine rings is 1. The molecule has 0 bridgehead atoms. The molecule has 1 aliphatic rings. The van der Waals surface area contributed by atoms with Gasteiger partial charge >= 0.3 is 0 Å². The molecule has 1 fully saturated rings. The van der Waals surface area contributed by atoms with Crippen molar-refractivity contribution in [2.45, 2.75) is 52.0 Å². The average Bonchev–Trinajstić information content (AvgIpc) is 3.07. The molecule has 0 spiro atoms. The third kappa shape index (κ3) is 3.81. The van der Waals surface area contributed by atoms with E-state index in [-0.39, 0.29) is 11.0 Å². The number of hydrogen-bond acceptors (Lipinski definition) is 4. The summed E-state index contributed by atoms with van der Waals surface area (Å²) in [6, 6.07) is 9.92. The molecule has 0 unspecified atom stereocenters. The fourth-order valence-corrected chi connectivity index (χ4v) is 3.61. The number of aromatic nitrogens is 4. The van der Waals surface area contributed by atoms with E-state index >= 15 is 0 Å². The number of fused-ring (bicyclic) bond motifs is 1. The number of nitrogens with one attached hydrogen (secondary N) is 1. The molecule has 6 nitrogen and oxygen atoms in total. The third-order valence-corrected chi connectivity index (χ3v) is 5.24. The van der Waals surface area contributed by atoms with Crippen LogP contribution in [0.1, 0.15) is 51.3 Å². The van der Waals surface area contributed by atoms with E-state index in [0.717, 1.165) is 24.3 Å². The number of H-pyrrole nitrogens is 1. The molecule has 0 aliphatic carbocycles. The van der Waals surface area contributed by atoms with Gasteiger partial charge in [0.1, 0.15) is 0 Å². The Morgan fingerprint density at radius 1 is 1.04 bits per heavy atom. The Kier molecular flexibility index (Phi) is 4.60. The van der Waals surface area contributed by atoms with Crippen molar-refractivity contribution in [2.24, 2.45) is 0 Å². The molecule has 0 atom stereocenters. The molecule has 0 amide bonds. The highest BCUT2D eigenvalue weighted by atomic mass is 16.1. The van der Waals surface area contributed by atoms with Crippen LogP contribution >= 0.6 is 0 Å². The van der Waals surface area contributed by atoms with Gasteiger partial charge in [0.05, 0.1) is 5.69 Å². The summed E-state index contributed by atoms with van der Waals surface area (Å²) in [4.78, 5) is 24.0. The normalized spacial score (nSPS) is 16.1. The minimum absolute atomic E-state index is 0.105. The summed E-state index contributed by atoms with van der Waals surface area (Å²) in [6.07, 6.45) is 3.74. The first-order valence-corrected chi connectivity index (χ1v) is 9.72. The predicted molar refractivity (Wildman–Crippen MR) is 107 cm³/mol. The molecular formula is C21H27N5O. The number of hydrogen-bond donors (Lipinski definition) is 1. The standard InChI is InChI=1S/C21H27N5O/c1-21(2,3)16-9-7-15(8-10-16)19-23-20-22-17(13-18(27)26(20)24-19)14-25-11-5-4-6-12-25/h7-10,13H,4-6,11-12,14H2,1-3H3,(H,22,23,24). The maximum atomic E-state index is 12.5. The summed E-state index contributed by atoms with van der Waals surface area (Å²) in [5.41, 5.74) is 3.00. The zero-order chi connectivity index (χ0) is 19.0. The number of rotatable bonds is 3. The first kappa shape index (κ1) is 17.9. The fraction of sp³-hybridized carbons (Fsp3) is 0.476. The SMILES string of the molecule is CC(C)(C)c1ccc(-c2nc3nc(CN4CCCCC4)cc(=O)n3[nH]2)cc1. The average molecular weight is 365 g/mol. The van der Waals surface area contributed by atoms with Crippen LogP contribution in [0.5, 0.6) is 0 Å². The van der Waals surface area contributed by atoms with Crippen molar-refractivity contribution in [3.05, 3.63) is 51.9 Å². The van der Waals surface area contributed by atoms with Gasteiger partial charge in [-0.2, -0.15) is 9.50 Å². The predicted octanol–water partition coefficient (Wildman–Crippen LogP) is 3.37. The zero-order valence-corrected chi connectivity index (χ0v) is 16.3. The Morgan fingerprint density at radius 2 is 1.74 bits per heavy atom. The molecule has 1 aliphatic heterocycles. The summed E-state index contributed by atoms with van der Waals surface area (Å²) in [7, 11) is 0. The fourth-order valence-electron chi connectivity index (χ4n) is 3.61. The number of likely N-dealkylation sites (tertiary alicyclic amines) is 1. The second-order valence-electron chi connectivity index (χ2n) is 8.46. The van der Waals surface area contributed by atoms with E-state index in [4.69, 9.17) is 0 Å². The van der Waals surface area contributed by atoms with Gasteiger partial charge in [-0.15, -0.1) is 0 Å². The molecular weight excluding hydrogens is 338 g/mol. The molecule has 0 radical (unpaired) electrons. The Hall–Kier alpha value is -2.47. The van der Waals surface area contributed by atoms with Crippen molar-refractivity contribution >= 4 is 5.78 Å². The van der Waals surface area contributed by atoms with Crippen LogP contribution in [0, 0.1) is 0 Å². The third-order valence-electron chi connectivity index (χ3n) is 5.24. The Labute approximate surface area is 159 Å². The summed E-state index contributed by atoms with van der Waals surface area (Å²) in [5, 5.41) is 3.09. The second kappa shape index (κ2) is 6.93. The first-order chi connectivity index (χ1) is 12.9. The maximum Gasteiger partial charge on any atom is 0.274 e. The smallest absolute Gasteiger partial charge is 0.274 e. The van der Waals surface area contributed by atoms with Gasteiger partial charge in [-0.05, 0) is 36.9 Å². The van der Waals surface area contributed by atoms with Gasteiger partial charge < -0.3 is 0 Å². The quantitative estimate of drug-likeness (QED) is 0.773. The highest BCUT2D eigenvalue weighted by Gasteiger charge is 2.16. The molecule has 1 saturated heterocycles. The Balaban J connectivity index is 1.63. The van der Waals surface area contributed by atoms with E-state index in [1.54, 1.807) is 6.07 Å². The lowest BCUT2D eigenvalue weighted by Crippen LogP contribution is -2.30. The highest BCUT2D eigenvalue weighted by molar-refractivity contribution is 5.57. The molecule has 6 heteroatoms. The molecule has 3 aromatic rings. The van der Waals surface area contributed by atoms with Gasteiger partial charge in [0.25, 0.3) is 11.3 Å². The summed E-state index contributed by atoms with van der Waals surface area (Å²) >= 11 is 0. The summed E-state index contributed by atoms with van der Waals surface area (Å²) < 4.78 is 1.42. The largest absolute Gasteiger partial charge is 0.298 e. The summed E-state index contributed by atoms with van der Waals surface area (Å²) in [6.45, 7) is 9.44. The van der Waals surface area contributed by atoms with Crippen LogP contribution in [0.25, 0.3) is 17.2 Å². The van der Waals surface area contributed by atoms with Crippen LogP contribution in [0.15, 0.2) is 35.1 Å². The van der Waals surface area contributed by atoms with Gasteiger partial charge in [-0.3, -0.25) is 14.8 Å². The van der Waals surface area contributed by atoms with Crippen LogP contribution in [-0.2, 0) is 12.0 Å². The van der Waals surface area contributed by atoms with E-state index < -0.39 is 0 Å². The molecule has 27 heavy (non-hydrogen) atoms. The molecule has 3 heterocycles. The molecule has 1 N–H and O–H groups in total. The summed E-state index contributed by atoms with van der Waals surface area (Å²) in [5.74, 6) is 1.10. The second-order valence-corrected chi connectivity index (χ2v) is 8.46. The number of benzene rings is 1. The van der Waals surface area contributed by atoms with Gasteiger partial charge in [-0.25, -0.2) is 4.98 Å². The molecule has 1 aromatic carbocycles. The monoisotopic (exact) mass is 365 g/mol. The van der Waals surface area contributed by atoms with Crippen molar-refractivity contribution < 1.29 is 0 Å². The van der Waals surface area contributed by atoms with Crippen LogP contribution in [0.4, 0.5) is 0 Å². The topological polar surface area (TPSA) is 66.3 Å². The van der Waals surface area contributed by atoms with Gasteiger partial charge in [-0.1, -0.05) is 51.5 Å². The maximum absolute atomic E-state index is 12.5. The Bertz CT molecular complexity index is 988. The van der Waals surface area contributed by atoms with E-state index in [1.807, 2.05) is 12.1 Å². The van der Waals surface area contributed by atoms with Crippen molar-refractivity contribution in [1.29, 1.82) is 0 Å². The van der Waals surface area contributed by atoms with E-state index in [2.05, 4.69) is 52.9 Å². The van der Waals surface area contributed by atoms with Gasteiger partial charge in [0, 0.05) is 18.2 Å². The van der Waals surface area contributed by atoms with E-state index in [1.165, 1.54) is 29.3 Å². The van der Waals surface area contributed by atoms with Gasteiger partial charge in [0.15, 0.2) is 5.82 Å². The minimum atomic E-state index is -0.114. The van der Waals surface area contributed by atoms with Crippen LogP contribution in [0.2, 0.25) is 0 Å². The minimum Gasteiger partial charge on any atom is -0.298 e. The van der Waals surface area contributed by atoms with E-state index in [0.29, 0.717) is 18.1 Å². The van der Waals surface area contributed by atoms with Gasteiger partial charge in [0.2, 0.25) is 0 Å². The number of nitrogens with zero attached hydrogens (tertiary/aromatic N) is 4. The molecule has 4 rings (SSSR count). The van der Waals surface area contributed by atoms with Crippen molar-refractivity contribution in [3.63, 3.8) is 0 Å². The van der Waals surface area contributed by atoms with Crippen molar-refractivity contribution in [3.8, 4) is 11.4 Å². The highest BCUT2D eigenvalue weighted by Crippen LogP contribution is 2.24. The van der Waals surface area contributed by atoms with Crippen molar-refractivity contribution in [1.82, 2.24) is 24.5 Å². The molecule has 142 valence electrons. The molecule has 2 aromatic heterocycles. The lowest BCUT2D eigenvalue weighted by atomic mass is 9.87.